The van der Waals surface area contributed by atoms with Crippen LogP contribution in [0.4, 0.5) is 5.69 Å². The molecule has 0 radical (unpaired) electrons. The molecule has 2 rings (SSSR count). The molecule has 7 nitrogen and oxygen atoms in total. The summed E-state index contributed by atoms with van der Waals surface area (Å²) in [5, 5.41) is 22.0. The molecule has 0 saturated carbocycles. The average Bonchev–Trinajstić information content (AvgIpc) is 2.67. The van der Waals surface area contributed by atoms with E-state index in [-0.39, 0.29) is 12.4 Å². The number of aryl methyl sites for hydroxylation is 1. The lowest BCUT2D eigenvalue weighted by atomic mass is 9.88. The molecule has 0 aliphatic carbocycles. The number of ether oxygens (including phenoxy) is 1. The highest BCUT2D eigenvalue weighted by Crippen LogP contribution is 2.35. The van der Waals surface area contributed by atoms with Gasteiger partial charge in [-0.1, -0.05) is 19.4 Å². The highest BCUT2D eigenvalue weighted by molar-refractivity contribution is 5.85. The van der Waals surface area contributed by atoms with E-state index in [2.05, 4.69) is 5.32 Å². The number of nitrogens with one attached hydrogen (secondary N) is 1. The Bertz CT molecular complexity index is 903. The van der Waals surface area contributed by atoms with Gasteiger partial charge in [-0.25, -0.2) is 4.79 Å². The summed E-state index contributed by atoms with van der Waals surface area (Å²) in [4.78, 5) is 23.4. The van der Waals surface area contributed by atoms with Crippen LogP contribution in [0.1, 0.15) is 37.0 Å². The third-order valence-corrected chi connectivity index (χ3v) is 4.33. The molecule has 0 aliphatic rings. The minimum Gasteiger partial charge on any atom is -0.483 e. The number of primary amides is 1. The summed E-state index contributed by atoms with van der Waals surface area (Å²) in [6.07, 6.45) is 1.67. The van der Waals surface area contributed by atoms with Crippen LogP contribution in [0.15, 0.2) is 42.5 Å². The van der Waals surface area contributed by atoms with Crippen LogP contribution >= 0.6 is 0 Å². The van der Waals surface area contributed by atoms with Gasteiger partial charge >= 0.3 is 5.97 Å². The Morgan fingerprint density at radius 3 is 2.46 bits per heavy atom. The SMILES string of the molecule is CCCc1ccc(OCC(N)=O)c(C(C)(Nc2ccc(C#N)cc2)C(=O)O)c1. The Kier molecular flexibility index (Phi) is 6.61. The van der Waals surface area contributed by atoms with E-state index in [0.717, 1.165) is 18.4 Å². The summed E-state index contributed by atoms with van der Waals surface area (Å²) >= 11 is 0. The Morgan fingerprint density at radius 2 is 1.93 bits per heavy atom. The molecule has 0 spiro atoms. The van der Waals surface area contributed by atoms with E-state index in [0.29, 0.717) is 16.8 Å². The Labute approximate surface area is 163 Å². The quantitative estimate of drug-likeness (QED) is 0.613. The average molecular weight is 381 g/mol. The number of carboxylic acid groups (broad SMARTS) is 1. The molecule has 0 fully saturated rings. The Hall–Kier alpha value is -3.53. The zero-order chi connectivity index (χ0) is 20.7. The van der Waals surface area contributed by atoms with Crippen molar-refractivity contribution in [3.8, 4) is 11.8 Å². The number of carboxylic acids is 1. The lowest BCUT2D eigenvalue weighted by molar-refractivity contribution is -0.142. The number of carbonyl (C=O) groups is 2. The molecule has 0 heterocycles. The van der Waals surface area contributed by atoms with Crippen LogP contribution in [0, 0.1) is 11.3 Å². The van der Waals surface area contributed by atoms with E-state index in [1.165, 1.54) is 6.92 Å². The van der Waals surface area contributed by atoms with Crippen molar-refractivity contribution in [3.05, 3.63) is 59.2 Å². The number of rotatable bonds is 9. The molecule has 2 aromatic rings. The second-order valence-corrected chi connectivity index (χ2v) is 6.58. The van der Waals surface area contributed by atoms with Crippen LogP contribution in [0.25, 0.3) is 0 Å². The number of hydrogen-bond acceptors (Lipinski definition) is 5. The topological polar surface area (TPSA) is 125 Å². The molecule has 1 atom stereocenters. The van der Waals surface area contributed by atoms with E-state index < -0.39 is 17.4 Å². The zero-order valence-electron chi connectivity index (χ0n) is 15.9. The largest absolute Gasteiger partial charge is 0.483 e. The number of anilines is 1. The maximum absolute atomic E-state index is 12.2. The number of aliphatic carboxylic acids is 1. The van der Waals surface area contributed by atoms with Crippen molar-refractivity contribution in [1.29, 1.82) is 5.26 Å². The molecule has 28 heavy (non-hydrogen) atoms. The minimum absolute atomic E-state index is 0.268. The van der Waals surface area contributed by atoms with Crippen LogP contribution in [-0.2, 0) is 21.5 Å². The van der Waals surface area contributed by atoms with Crippen LogP contribution in [0.3, 0.4) is 0 Å². The van der Waals surface area contributed by atoms with Gasteiger partial charge in [0.05, 0.1) is 11.6 Å². The van der Waals surface area contributed by atoms with E-state index in [1.807, 2.05) is 19.1 Å². The first-order valence-corrected chi connectivity index (χ1v) is 8.86. The highest BCUT2D eigenvalue weighted by atomic mass is 16.5. The van der Waals surface area contributed by atoms with E-state index in [4.69, 9.17) is 15.7 Å². The molecule has 0 aromatic heterocycles. The van der Waals surface area contributed by atoms with Crippen LogP contribution < -0.4 is 15.8 Å². The van der Waals surface area contributed by atoms with Crippen LogP contribution in [0.2, 0.25) is 0 Å². The van der Waals surface area contributed by atoms with E-state index in [1.54, 1.807) is 36.4 Å². The lowest BCUT2D eigenvalue weighted by Crippen LogP contribution is -2.41. The van der Waals surface area contributed by atoms with Crippen molar-refractivity contribution in [2.75, 3.05) is 11.9 Å². The maximum atomic E-state index is 12.2. The van der Waals surface area contributed by atoms with Crippen molar-refractivity contribution >= 4 is 17.6 Å². The summed E-state index contributed by atoms with van der Waals surface area (Å²) < 4.78 is 5.48. The first-order valence-electron chi connectivity index (χ1n) is 8.86. The van der Waals surface area contributed by atoms with E-state index >= 15 is 0 Å². The van der Waals surface area contributed by atoms with Gasteiger partial charge in [-0.3, -0.25) is 4.79 Å². The predicted octanol–water partition coefficient (Wildman–Crippen LogP) is 2.79. The van der Waals surface area contributed by atoms with Gasteiger partial charge in [-0.05, 0) is 55.3 Å². The number of amides is 1. The summed E-state index contributed by atoms with van der Waals surface area (Å²) in [5.41, 5.74) is 5.97. The van der Waals surface area contributed by atoms with Gasteiger partial charge in [0.25, 0.3) is 5.91 Å². The highest BCUT2D eigenvalue weighted by Gasteiger charge is 2.38. The van der Waals surface area contributed by atoms with Crippen molar-refractivity contribution in [1.82, 2.24) is 0 Å². The van der Waals surface area contributed by atoms with Crippen molar-refractivity contribution in [3.63, 3.8) is 0 Å². The molecular weight excluding hydrogens is 358 g/mol. The number of carbonyl (C=O) groups excluding carboxylic acids is 1. The molecule has 1 unspecified atom stereocenters. The number of nitrogens with two attached hydrogens (primary N) is 1. The Morgan fingerprint density at radius 1 is 1.25 bits per heavy atom. The molecular formula is C21H23N3O4. The second-order valence-electron chi connectivity index (χ2n) is 6.58. The fraction of sp³-hybridized carbons (Fsp3) is 0.286. The smallest absolute Gasteiger partial charge is 0.333 e. The monoisotopic (exact) mass is 381 g/mol. The number of nitrogens with zero attached hydrogens (tertiary/aromatic N) is 1. The molecule has 7 heteroatoms. The Balaban J connectivity index is 2.51. The molecule has 2 aromatic carbocycles. The number of benzene rings is 2. The zero-order valence-corrected chi connectivity index (χ0v) is 15.9. The van der Waals surface area contributed by atoms with Crippen LogP contribution in [-0.4, -0.2) is 23.6 Å². The normalized spacial score (nSPS) is 12.5. The molecule has 0 saturated heterocycles. The van der Waals surface area contributed by atoms with Crippen molar-refractivity contribution in [2.45, 2.75) is 32.2 Å². The summed E-state index contributed by atoms with van der Waals surface area (Å²) in [5.74, 6) is -1.50. The molecule has 0 bridgehead atoms. The van der Waals surface area contributed by atoms with Crippen LogP contribution in [0.5, 0.6) is 5.75 Å². The lowest BCUT2D eigenvalue weighted by Gasteiger charge is -2.30. The van der Waals surface area contributed by atoms with E-state index in [9.17, 15) is 14.7 Å². The van der Waals surface area contributed by atoms with Gasteiger partial charge in [-0.2, -0.15) is 5.26 Å². The summed E-state index contributed by atoms with van der Waals surface area (Å²) in [6, 6.07) is 13.8. The van der Waals surface area contributed by atoms with Gasteiger partial charge < -0.3 is 20.9 Å². The van der Waals surface area contributed by atoms with Gasteiger partial charge in [0, 0.05) is 11.3 Å². The van der Waals surface area contributed by atoms with Crippen molar-refractivity contribution in [2.24, 2.45) is 5.73 Å². The molecule has 0 aliphatic heterocycles. The molecule has 4 N–H and O–H groups in total. The molecule has 1 amide bonds. The maximum Gasteiger partial charge on any atom is 0.333 e. The summed E-state index contributed by atoms with van der Waals surface area (Å²) in [7, 11) is 0. The predicted molar refractivity (Wildman–Crippen MR) is 105 cm³/mol. The first-order chi connectivity index (χ1) is 13.3. The van der Waals surface area contributed by atoms with Crippen molar-refractivity contribution < 1.29 is 19.4 Å². The molecule has 146 valence electrons. The minimum atomic E-state index is -1.54. The van der Waals surface area contributed by atoms with Gasteiger partial charge in [0.1, 0.15) is 5.75 Å². The first kappa shape index (κ1) is 20.8. The van der Waals surface area contributed by atoms with Gasteiger partial charge in [0.2, 0.25) is 0 Å². The second kappa shape index (κ2) is 8.91. The fourth-order valence-corrected chi connectivity index (χ4v) is 2.84. The number of nitriles is 1. The standard InChI is InChI=1S/C21H23N3O4/c1-3-4-14-7-10-18(28-13-19(23)25)17(11-14)21(2,20(26)27)24-16-8-5-15(12-22)6-9-16/h5-11,24H,3-4,13H2,1-2H3,(H2,23,25)(H,26,27). The van der Waals surface area contributed by atoms with Gasteiger partial charge in [0.15, 0.2) is 12.1 Å². The summed E-state index contributed by atoms with van der Waals surface area (Å²) in [6.45, 7) is 3.20. The van der Waals surface area contributed by atoms with Gasteiger partial charge in [-0.15, -0.1) is 0 Å². The third-order valence-electron chi connectivity index (χ3n) is 4.33. The third kappa shape index (κ3) is 4.80. The number of hydrogen-bond donors (Lipinski definition) is 3. The fourth-order valence-electron chi connectivity index (χ4n) is 2.84.